The van der Waals surface area contributed by atoms with Gasteiger partial charge < -0.3 is 9.64 Å². The summed E-state index contributed by atoms with van der Waals surface area (Å²) >= 11 is 0. The fourth-order valence-corrected chi connectivity index (χ4v) is 10.4. The van der Waals surface area contributed by atoms with E-state index in [0.717, 1.165) is 72.8 Å². The maximum Gasteiger partial charge on any atom is 0.254 e. The maximum absolute atomic E-state index is 13.6. The van der Waals surface area contributed by atoms with Crippen molar-refractivity contribution in [3.8, 4) is 6.07 Å². The molecule has 4 nitrogen and oxygen atoms in total. The van der Waals surface area contributed by atoms with Crippen LogP contribution in [0.1, 0.15) is 100 Å². The molecule has 1 amide bonds. The average Bonchev–Trinajstić information content (AvgIpc) is 3.28. The first-order valence-electron chi connectivity index (χ1n) is 15.4. The van der Waals surface area contributed by atoms with E-state index in [1.807, 2.05) is 12.1 Å². The van der Waals surface area contributed by atoms with Gasteiger partial charge in [-0.05, 0) is 149 Å². The van der Waals surface area contributed by atoms with Gasteiger partial charge in [0.2, 0.25) is 0 Å². The minimum atomic E-state index is 0.184. The highest BCUT2D eigenvalue weighted by atomic mass is 16.5. The molecule has 0 N–H and O–H groups in total. The molecular weight excluding hydrogens is 456 g/mol. The minimum absolute atomic E-state index is 0.184. The van der Waals surface area contributed by atoms with Crippen LogP contribution in [0.2, 0.25) is 0 Å². The molecular formula is C33H46N2O2. The Bertz CT molecular complexity index is 1060. The van der Waals surface area contributed by atoms with E-state index in [0.29, 0.717) is 16.9 Å². The second-order valence-corrected chi connectivity index (χ2v) is 13.5. The van der Waals surface area contributed by atoms with Gasteiger partial charge in [0.1, 0.15) is 0 Å². The lowest BCUT2D eigenvalue weighted by molar-refractivity contribution is -0.0795. The summed E-state index contributed by atoms with van der Waals surface area (Å²) in [5.74, 6) is 6.16. The van der Waals surface area contributed by atoms with Crippen LogP contribution in [0.4, 0.5) is 0 Å². The normalized spacial score (nSPS) is 39.7. The van der Waals surface area contributed by atoms with Crippen molar-refractivity contribution in [3.05, 3.63) is 34.9 Å². The van der Waals surface area contributed by atoms with Crippen molar-refractivity contribution in [2.75, 3.05) is 19.8 Å². The van der Waals surface area contributed by atoms with Crippen LogP contribution in [0.3, 0.4) is 0 Å². The predicted octanol–water partition coefficient (Wildman–Crippen LogP) is 6.87. The zero-order chi connectivity index (χ0) is 25.7. The number of hydrogen-bond acceptors (Lipinski definition) is 3. The summed E-state index contributed by atoms with van der Waals surface area (Å²) in [5.41, 5.74) is 2.90. The van der Waals surface area contributed by atoms with Crippen molar-refractivity contribution in [2.45, 2.75) is 91.0 Å². The molecule has 1 aromatic rings. The number of rotatable bonds is 5. The first kappa shape index (κ1) is 25.4. The molecule has 6 rings (SSSR count). The van der Waals surface area contributed by atoms with Crippen LogP contribution in [0, 0.1) is 58.2 Å². The Morgan fingerprint density at radius 3 is 2.76 bits per heavy atom. The average molecular weight is 503 g/mol. The summed E-state index contributed by atoms with van der Waals surface area (Å²) in [4.78, 5) is 15.8. The number of carbonyl (C=O) groups is 1. The molecule has 4 heteroatoms. The van der Waals surface area contributed by atoms with Crippen LogP contribution in [0.25, 0.3) is 0 Å². The molecule has 1 aromatic carbocycles. The molecule has 200 valence electrons. The molecule has 9 unspecified atom stereocenters. The van der Waals surface area contributed by atoms with Crippen molar-refractivity contribution < 1.29 is 9.53 Å². The van der Waals surface area contributed by atoms with Gasteiger partial charge >= 0.3 is 0 Å². The molecule has 5 aliphatic rings. The van der Waals surface area contributed by atoms with Gasteiger partial charge in [-0.25, -0.2) is 0 Å². The summed E-state index contributed by atoms with van der Waals surface area (Å²) in [5, 5.41) is 9.27. The first-order chi connectivity index (χ1) is 17.9. The fraction of sp³-hybridized carbons (Fsp3) is 0.758. The van der Waals surface area contributed by atoms with E-state index >= 15 is 0 Å². The molecule has 0 spiro atoms. The highest BCUT2D eigenvalue weighted by Gasteiger charge is 2.58. The van der Waals surface area contributed by atoms with Crippen molar-refractivity contribution >= 4 is 5.91 Å². The van der Waals surface area contributed by atoms with E-state index < -0.39 is 0 Å². The summed E-state index contributed by atoms with van der Waals surface area (Å²) < 4.78 is 5.81. The van der Waals surface area contributed by atoms with Crippen molar-refractivity contribution in [1.29, 1.82) is 5.26 Å². The number of ether oxygens (including phenoxy) is 1. The molecule has 1 aliphatic heterocycles. The zero-order valence-corrected chi connectivity index (χ0v) is 23.3. The van der Waals surface area contributed by atoms with E-state index in [-0.39, 0.29) is 11.9 Å². The molecule has 4 fully saturated rings. The third-order valence-corrected chi connectivity index (χ3v) is 12.1. The third kappa shape index (κ3) is 4.25. The number of benzene rings is 1. The SMILES string of the molecule is CCOCC1CCC2C(CCC3C2CCC2(C)C3CCC2C(C)N2CCc3cc(C#N)ccc3C2=O)C1. The van der Waals surface area contributed by atoms with Crippen LogP contribution < -0.4 is 0 Å². The Kier molecular flexibility index (Phi) is 6.89. The summed E-state index contributed by atoms with van der Waals surface area (Å²) in [6.45, 7) is 9.69. The van der Waals surface area contributed by atoms with Crippen LogP contribution >= 0.6 is 0 Å². The predicted molar refractivity (Wildman–Crippen MR) is 146 cm³/mol. The quantitative estimate of drug-likeness (QED) is 0.442. The van der Waals surface area contributed by atoms with E-state index in [4.69, 9.17) is 4.74 Å². The second kappa shape index (κ2) is 10.0. The highest BCUT2D eigenvalue weighted by Crippen LogP contribution is 2.65. The van der Waals surface area contributed by atoms with Gasteiger partial charge in [0.15, 0.2) is 0 Å². The molecule has 4 aliphatic carbocycles. The Morgan fingerprint density at radius 2 is 1.95 bits per heavy atom. The standard InChI is InChI=1S/C33H46N2O2/c1-4-37-20-23-6-8-26-24(18-23)7-10-29-28(26)13-15-33(3)30(11-12-31(29)33)21(2)35-16-14-25-17-22(19-34)5-9-27(25)32(35)36/h5,9,17,21,23-24,26,28-31H,4,6-8,10-16,18,20H2,1-3H3. The monoisotopic (exact) mass is 502 g/mol. The Balaban J connectivity index is 1.15. The second-order valence-electron chi connectivity index (χ2n) is 13.5. The summed E-state index contributed by atoms with van der Waals surface area (Å²) in [6, 6.07) is 8.13. The lowest BCUT2D eigenvalue weighted by atomic mass is 9.49. The van der Waals surface area contributed by atoms with Gasteiger partial charge in [-0.3, -0.25) is 4.79 Å². The number of nitriles is 1. The topological polar surface area (TPSA) is 53.3 Å². The maximum atomic E-state index is 13.6. The third-order valence-electron chi connectivity index (χ3n) is 12.1. The minimum Gasteiger partial charge on any atom is -0.381 e. The smallest absolute Gasteiger partial charge is 0.254 e. The lowest BCUT2D eigenvalue weighted by Crippen LogP contribution is -2.53. The summed E-state index contributed by atoms with van der Waals surface area (Å²) in [6.07, 6.45) is 13.4. The van der Waals surface area contributed by atoms with Crippen LogP contribution in [-0.4, -0.2) is 36.6 Å². The number of fused-ring (bicyclic) bond motifs is 6. The number of carbonyl (C=O) groups excluding carboxylic acids is 1. The number of hydrogen-bond donors (Lipinski definition) is 0. The van der Waals surface area contributed by atoms with Gasteiger partial charge in [0.05, 0.1) is 11.6 Å². The largest absolute Gasteiger partial charge is 0.381 e. The van der Waals surface area contributed by atoms with Crippen molar-refractivity contribution in [3.63, 3.8) is 0 Å². The van der Waals surface area contributed by atoms with E-state index in [1.165, 1.54) is 57.8 Å². The molecule has 37 heavy (non-hydrogen) atoms. The fourth-order valence-electron chi connectivity index (χ4n) is 10.4. The number of nitrogens with zero attached hydrogens (tertiary/aromatic N) is 2. The molecule has 1 heterocycles. The lowest BCUT2D eigenvalue weighted by Gasteiger charge is -2.57. The number of amides is 1. The van der Waals surface area contributed by atoms with Crippen molar-refractivity contribution in [1.82, 2.24) is 4.90 Å². The van der Waals surface area contributed by atoms with Gasteiger partial charge in [0.25, 0.3) is 5.91 Å². The van der Waals surface area contributed by atoms with Gasteiger partial charge in [0, 0.05) is 31.4 Å². The van der Waals surface area contributed by atoms with Crippen LogP contribution in [-0.2, 0) is 11.2 Å². The zero-order valence-electron chi connectivity index (χ0n) is 23.3. The molecule has 0 saturated heterocycles. The van der Waals surface area contributed by atoms with E-state index in [1.54, 1.807) is 6.07 Å². The van der Waals surface area contributed by atoms with Crippen molar-refractivity contribution in [2.24, 2.45) is 46.8 Å². The van der Waals surface area contributed by atoms with Gasteiger partial charge in [-0.2, -0.15) is 5.26 Å². The molecule has 9 atom stereocenters. The molecule has 0 aromatic heterocycles. The van der Waals surface area contributed by atoms with Gasteiger partial charge in [-0.15, -0.1) is 0 Å². The Hall–Kier alpha value is -1.86. The Morgan fingerprint density at radius 1 is 1.11 bits per heavy atom. The molecule has 0 bridgehead atoms. The summed E-state index contributed by atoms with van der Waals surface area (Å²) in [7, 11) is 0. The first-order valence-corrected chi connectivity index (χ1v) is 15.4. The Labute approximate surface area is 224 Å². The highest BCUT2D eigenvalue weighted by molar-refractivity contribution is 5.97. The van der Waals surface area contributed by atoms with Crippen LogP contribution in [0.5, 0.6) is 0 Å². The van der Waals surface area contributed by atoms with E-state index in [9.17, 15) is 10.1 Å². The van der Waals surface area contributed by atoms with E-state index in [2.05, 4.69) is 31.7 Å². The molecule has 4 saturated carbocycles. The molecule has 0 radical (unpaired) electrons. The van der Waals surface area contributed by atoms with Gasteiger partial charge in [-0.1, -0.05) is 6.92 Å². The van der Waals surface area contributed by atoms with Crippen LogP contribution in [0.15, 0.2) is 18.2 Å².